The van der Waals surface area contributed by atoms with Crippen molar-refractivity contribution in [2.24, 2.45) is 5.92 Å². The zero-order chi connectivity index (χ0) is 35.2. The molecule has 1 spiro atoms. The average molecular weight is 705 g/mol. The Bertz CT molecular complexity index is 1770. The molecule has 0 radical (unpaired) electrons. The number of carbonyl (C=O) groups is 3. The van der Waals surface area contributed by atoms with Crippen LogP contribution in [0.3, 0.4) is 0 Å². The van der Waals surface area contributed by atoms with Gasteiger partial charge in [-0.05, 0) is 55.4 Å². The van der Waals surface area contributed by atoms with Crippen LogP contribution >= 0.6 is 0 Å². The zero-order valence-electron chi connectivity index (χ0n) is 28.8. The second kappa shape index (κ2) is 13.6. The van der Waals surface area contributed by atoms with Crippen LogP contribution in [0.25, 0.3) is 0 Å². The van der Waals surface area contributed by atoms with Crippen LogP contribution in [-0.4, -0.2) is 98.2 Å². The average Bonchev–Trinajstić information content (AvgIpc) is 3.74. The summed E-state index contributed by atoms with van der Waals surface area (Å²) in [5.41, 5.74) is 2.40. The van der Waals surface area contributed by atoms with Crippen LogP contribution in [-0.2, 0) is 44.2 Å². The lowest BCUT2D eigenvalue weighted by Crippen LogP contribution is -2.48. The van der Waals surface area contributed by atoms with E-state index in [2.05, 4.69) is 20.9 Å². The first-order chi connectivity index (χ1) is 24.0. The Labute approximate surface area is 291 Å². The number of ether oxygens (including phenoxy) is 1. The highest BCUT2D eigenvalue weighted by molar-refractivity contribution is 6.72. The lowest BCUT2D eigenvalue weighted by atomic mass is 9.82. The lowest BCUT2D eigenvalue weighted by Gasteiger charge is -2.32. The molecule has 15 heteroatoms. The molecule has 50 heavy (non-hydrogen) atoms. The Morgan fingerprint density at radius 1 is 1.00 bits per heavy atom. The molecular formula is C35H45FN8O5Si. The maximum absolute atomic E-state index is 16.4. The third-order valence-corrected chi connectivity index (χ3v) is 13.1. The van der Waals surface area contributed by atoms with E-state index in [0.717, 1.165) is 17.8 Å². The van der Waals surface area contributed by atoms with Crippen molar-refractivity contribution in [3.8, 4) is 0 Å². The third kappa shape index (κ3) is 6.14. The molecule has 2 aromatic carbocycles. The maximum Gasteiger partial charge on any atom is 0.264 e. The van der Waals surface area contributed by atoms with Gasteiger partial charge < -0.3 is 39.3 Å². The van der Waals surface area contributed by atoms with E-state index in [1.54, 1.807) is 38.7 Å². The number of rotatable bonds is 10. The van der Waals surface area contributed by atoms with Crippen molar-refractivity contribution in [2.45, 2.75) is 63.2 Å². The summed E-state index contributed by atoms with van der Waals surface area (Å²) in [7, 11) is -3.41. The number of piperazine rings is 2. The minimum Gasteiger partial charge on any atom is -0.396 e. The number of nitrogens with zero attached hydrogens (tertiary/aromatic N) is 6. The monoisotopic (exact) mass is 704 g/mol. The van der Waals surface area contributed by atoms with Crippen LogP contribution in [0.4, 0.5) is 21.2 Å². The van der Waals surface area contributed by atoms with Crippen molar-refractivity contribution in [2.75, 3.05) is 60.6 Å². The largest absolute Gasteiger partial charge is 0.396 e. The predicted molar refractivity (Wildman–Crippen MR) is 188 cm³/mol. The summed E-state index contributed by atoms with van der Waals surface area (Å²) in [5, 5.41) is 23.8. The minimum absolute atomic E-state index is 0.0126. The fraction of sp³-hybridized carbons (Fsp3) is 0.514. The number of fused-ring (bicyclic) bond motifs is 2. The van der Waals surface area contributed by atoms with Gasteiger partial charge in [-0.15, -0.1) is 5.10 Å². The number of anilines is 3. The normalized spacial score (nSPS) is 25.7. The summed E-state index contributed by atoms with van der Waals surface area (Å²) < 4.78 is 25.1. The van der Waals surface area contributed by atoms with E-state index in [0.29, 0.717) is 68.2 Å². The van der Waals surface area contributed by atoms with E-state index >= 15 is 4.11 Å². The molecular weight excluding hydrogens is 660 g/mol. The van der Waals surface area contributed by atoms with E-state index in [4.69, 9.17) is 4.74 Å². The fourth-order valence-corrected chi connectivity index (χ4v) is 10.8. The predicted octanol–water partition coefficient (Wildman–Crippen LogP) is 2.10. The van der Waals surface area contributed by atoms with Gasteiger partial charge in [-0.2, -0.15) is 0 Å². The molecule has 0 unspecified atom stereocenters. The van der Waals surface area contributed by atoms with Crippen molar-refractivity contribution in [1.29, 1.82) is 0 Å². The van der Waals surface area contributed by atoms with E-state index in [-0.39, 0.29) is 37.4 Å². The molecule has 3 aromatic rings. The topological polar surface area (TPSA) is 145 Å². The van der Waals surface area contributed by atoms with Crippen molar-refractivity contribution in [3.63, 3.8) is 0 Å². The first-order valence-electron chi connectivity index (χ1n) is 17.5. The molecule has 3 fully saturated rings. The highest BCUT2D eigenvalue weighted by Gasteiger charge is 2.66. The molecule has 0 aliphatic carbocycles. The Morgan fingerprint density at radius 2 is 1.66 bits per heavy atom. The molecule has 7 rings (SSSR count). The zero-order valence-corrected chi connectivity index (χ0v) is 29.8. The number of hydrogen-bond acceptors (Lipinski definition) is 9. The molecule has 3 N–H and O–H groups in total. The third-order valence-electron chi connectivity index (χ3n) is 10.6. The smallest absolute Gasteiger partial charge is 0.264 e. The second-order valence-corrected chi connectivity index (χ2v) is 18.0. The van der Waals surface area contributed by atoms with Gasteiger partial charge in [0, 0.05) is 80.3 Å². The van der Waals surface area contributed by atoms with Gasteiger partial charge >= 0.3 is 0 Å². The number of aromatic nitrogens is 3. The molecule has 5 heterocycles. The molecule has 3 saturated heterocycles. The maximum atomic E-state index is 16.4. The highest BCUT2D eigenvalue weighted by atomic mass is 28.4. The fourth-order valence-electron chi connectivity index (χ4n) is 8.29. The summed E-state index contributed by atoms with van der Waals surface area (Å²) in [6.45, 7) is 8.89. The van der Waals surface area contributed by atoms with Crippen LogP contribution in [0.5, 0.6) is 0 Å². The Morgan fingerprint density at radius 3 is 2.30 bits per heavy atom. The van der Waals surface area contributed by atoms with Crippen LogP contribution < -0.4 is 25.3 Å². The first kappa shape index (κ1) is 34.4. The number of benzene rings is 2. The molecule has 4 atom stereocenters. The summed E-state index contributed by atoms with van der Waals surface area (Å²) in [4.78, 5) is 45.6. The van der Waals surface area contributed by atoms with Crippen molar-refractivity contribution < 1.29 is 28.3 Å². The van der Waals surface area contributed by atoms with Gasteiger partial charge in [-0.1, -0.05) is 24.3 Å². The molecule has 3 amide bonds. The van der Waals surface area contributed by atoms with Crippen LogP contribution in [0.2, 0.25) is 18.6 Å². The van der Waals surface area contributed by atoms with Crippen LogP contribution in [0.1, 0.15) is 30.2 Å². The number of aliphatic hydroxyl groups excluding tert-OH is 1. The van der Waals surface area contributed by atoms with E-state index < -0.39 is 31.6 Å². The summed E-state index contributed by atoms with van der Waals surface area (Å²) in [6, 6.07) is 13.3. The van der Waals surface area contributed by atoms with Gasteiger partial charge in [0.05, 0.1) is 37.1 Å². The minimum atomic E-state index is -3.41. The Hall–Kier alpha value is -4.02. The van der Waals surface area contributed by atoms with Gasteiger partial charge in [-0.25, -0.2) is 0 Å². The van der Waals surface area contributed by atoms with Crippen LogP contribution in [0, 0.1) is 5.92 Å². The molecule has 4 aliphatic rings. The number of amides is 3. The van der Waals surface area contributed by atoms with Gasteiger partial charge in [0.25, 0.3) is 5.91 Å². The van der Waals surface area contributed by atoms with Gasteiger partial charge in [0.2, 0.25) is 20.2 Å². The second-order valence-electron chi connectivity index (χ2n) is 14.2. The summed E-state index contributed by atoms with van der Waals surface area (Å²) in [5.74, 6) is -0.789. The number of aryl methyl sites for hydroxylation is 1. The molecule has 0 saturated carbocycles. The SMILES string of the molecule is C[C@H]1[C@H]([Si](C)(C)F)[C@@H](CCn2cc(CCO)nn2)O[C@]12C(=O)N(Cc1ccc(N3CCNCC3=O)cc1)c1ccc(N3CCNCC3=O)cc12. The van der Waals surface area contributed by atoms with Crippen molar-refractivity contribution in [1.82, 2.24) is 25.6 Å². The number of carbonyl (C=O) groups excluding carboxylic acids is 3. The van der Waals surface area contributed by atoms with Crippen molar-refractivity contribution >= 4 is 43.2 Å². The van der Waals surface area contributed by atoms with Crippen LogP contribution in [0.15, 0.2) is 48.7 Å². The summed E-state index contributed by atoms with van der Waals surface area (Å²) in [6.07, 6.45) is 2.01. The number of hydrogen-bond donors (Lipinski definition) is 3. The van der Waals surface area contributed by atoms with Gasteiger partial charge in [-0.3, -0.25) is 19.1 Å². The quantitative estimate of drug-likeness (QED) is 0.214. The van der Waals surface area contributed by atoms with E-state index in [1.807, 2.05) is 49.4 Å². The lowest BCUT2D eigenvalue weighted by molar-refractivity contribution is -0.146. The van der Waals surface area contributed by atoms with E-state index in [9.17, 15) is 19.5 Å². The number of nitrogens with one attached hydrogen (secondary N) is 2. The summed E-state index contributed by atoms with van der Waals surface area (Å²) >= 11 is 0. The van der Waals surface area contributed by atoms with Gasteiger partial charge in [0.15, 0.2) is 5.60 Å². The van der Waals surface area contributed by atoms with Crippen molar-refractivity contribution in [3.05, 3.63) is 65.5 Å². The standard InChI is InChI=1S/C35H45FN8O5Si/c1-23-33(50(2,3)36)30(10-14-41-22-25(11-17-45)39-40-41)49-35(23)28-18-27(43-16-13-38-20-32(43)47)8-9-29(28)44(34(35)48)21-24-4-6-26(7-5-24)42-15-12-37-19-31(42)46/h4-9,18,22-23,30,33,37-38,45H,10-17,19-21H2,1-3H3/t23-,30+,33-,35+/m0/s1. The first-order valence-corrected chi connectivity index (χ1v) is 20.4. The molecule has 0 bridgehead atoms. The molecule has 1 aromatic heterocycles. The highest BCUT2D eigenvalue weighted by Crippen LogP contribution is 2.60. The number of halogens is 1. The molecule has 13 nitrogen and oxygen atoms in total. The van der Waals surface area contributed by atoms with Gasteiger partial charge in [0.1, 0.15) is 0 Å². The van der Waals surface area contributed by atoms with E-state index in [1.165, 1.54) is 0 Å². The Balaban J connectivity index is 1.24. The molecule has 4 aliphatic heterocycles. The number of aliphatic hydroxyl groups is 1. The Kier molecular flexibility index (Phi) is 9.36. The molecule has 266 valence electrons.